The highest BCUT2D eigenvalue weighted by molar-refractivity contribution is 6.32. The molecule has 6 nitrogen and oxygen atoms in total. The van der Waals surface area contributed by atoms with E-state index in [0.29, 0.717) is 35.4 Å². The minimum absolute atomic E-state index is 0.00973. The number of hydrogen-bond acceptors (Lipinski definition) is 3. The average Bonchev–Trinajstić information content (AvgIpc) is 2.69. The van der Waals surface area contributed by atoms with Gasteiger partial charge in [0.1, 0.15) is 11.9 Å². The van der Waals surface area contributed by atoms with Gasteiger partial charge in [0.2, 0.25) is 0 Å². The molecule has 28 heavy (non-hydrogen) atoms. The third-order valence-electron chi connectivity index (χ3n) is 4.01. The van der Waals surface area contributed by atoms with Crippen LogP contribution in [0.25, 0.3) is 0 Å². The largest absolute Gasteiger partial charge is 0.487 e. The lowest BCUT2D eigenvalue weighted by Crippen LogP contribution is -2.41. The highest BCUT2D eigenvalue weighted by Gasteiger charge is 2.09. The van der Waals surface area contributed by atoms with E-state index in [2.05, 4.69) is 15.6 Å². The Morgan fingerprint density at radius 2 is 1.82 bits per heavy atom. The quantitative estimate of drug-likeness (QED) is 0.551. The Bertz CT molecular complexity index is 806. The highest BCUT2D eigenvalue weighted by atomic mass is 35.5. The summed E-state index contributed by atoms with van der Waals surface area (Å²) in [7, 11) is 5.20. The Kier molecular flexibility index (Phi) is 8.14. The first-order chi connectivity index (χ1) is 13.4. The smallest absolute Gasteiger partial charge is 0.253 e. The third-order valence-corrected chi connectivity index (χ3v) is 4.32. The molecule has 0 aliphatic heterocycles. The van der Waals surface area contributed by atoms with E-state index in [0.717, 1.165) is 5.56 Å². The monoisotopic (exact) mass is 402 g/mol. The molecular weight excluding hydrogens is 376 g/mol. The number of halogens is 1. The molecule has 0 spiro atoms. The van der Waals surface area contributed by atoms with Gasteiger partial charge in [0, 0.05) is 33.3 Å². The molecule has 0 heterocycles. The number of guanidine groups is 1. The van der Waals surface area contributed by atoms with Gasteiger partial charge < -0.3 is 20.3 Å². The Morgan fingerprint density at radius 3 is 2.43 bits per heavy atom. The van der Waals surface area contributed by atoms with Crippen LogP contribution in [0.5, 0.6) is 5.75 Å². The fourth-order valence-corrected chi connectivity index (χ4v) is 2.65. The van der Waals surface area contributed by atoms with Crippen molar-refractivity contribution < 1.29 is 9.53 Å². The topological polar surface area (TPSA) is 66.0 Å². The molecule has 2 rings (SSSR count). The van der Waals surface area contributed by atoms with Gasteiger partial charge in [0.25, 0.3) is 5.91 Å². The van der Waals surface area contributed by atoms with E-state index in [1.165, 1.54) is 0 Å². The lowest BCUT2D eigenvalue weighted by molar-refractivity contribution is 0.0827. The SMILES string of the molecule is CN=C(NCc1ccc(C(=O)N(C)C)cc1)NCC(C)Oc1ccccc1Cl. The van der Waals surface area contributed by atoms with Crippen LogP contribution in [0.1, 0.15) is 22.8 Å². The Morgan fingerprint density at radius 1 is 1.14 bits per heavy atom. The molecule has 150 valence electrons. The summed E-state index contributed by atoms with van der Waals surface area (Å²) in [6.07, 6.45) is -0.0882. The lowest BCUT2D eigenvalue weighted by Gasteiger charge is -2.18. The first-order valence-electron chi connectivity index (χ1n) is 9.07. The van der Waals surface area contributed by atoms with Crippen molar-refractivity contribution in [2.75, 3.05) is 27.7 Å². The first-order valence-corrected chi connectivity index (χ1v) is 9.44. The second-order valence-corrected chi connectivity index (χ2v) is 6.97. The molecule has 0 bridgehead atoms. The van der Waals surface area contributed by atoms with Crippen molar-refractivity contribution in [3.05, 3.63) is 64.7 Å². The summed E-state index contributed by atoms with van der Waals surface area (Å²) in [6.45, 7) is 3.13. The molecular formula is C21H27ClN4O2. The van der Waals surface area contributed by atoms with Crippen LogP contribution >= 0.6 is 11.6 Å². The molecule has 0 saturated heterocycles. The maximum Gasteiger partial charge on any atom is 0.253 e. The van der Waals surface area contributed by atoms with Crippen molar-refractivity contribution in [1.29, 1.82) is 0 Å². The molecule has 0 radical (unpaired) electrons. The maximum absolute atomic E-state index is 11.9. The fraction of sp³-hybridized carbons (Fsp3) is 0.333. The molecule has 0 saturated carbocycles. The molecule has 0 aliphatic carbocycles. The second kappa shape index (κ2) is 10.6. The van der Waals surface area contributed by atoms with Crippen molar-refractivity contribution in [3.63, 3.8) is 0 Å². The molecule has 0 aliphatic rings. The first kappa shape index (κ1) is 21.6. The third kappa shape index (κ3) is 6.46. The molecule has 0 fully saturated rings. The summed E-state index contributed by atoms with van der Waals surface area (Å²) < 4.78 is 5.84. The second-order valence-electron chi connectivity index (χ2n) is 6.56. The van der Waals surface area contributed by atoms with Crippen molar-refractivity contribution in [2.45, 2.75) is 19.6 Å². The van der Waals surface area contributed by atoms with E-state index >= 15 is 0 Å². The number of nitrogens with zero attached hydrogens (tertiary/aromatic N) is 2. The number of rotatable bonds is 7. The Hall–Kier alpha value is -2.73. The van der Waals surface area contributed by atoms with Gasteiger partial charge in [-0.2, -0.15) is 0 Å². The minimum Gasteiger partial charge on any atom is -0.487 e. The van der Waals surface area contributed by atoms with Gasteiger partial charge in [-0.05, 0) is 36.8 Å². The summed E-state index contributed by atoms with van der Waals surface area (Å²) in [5, 5.41) is 7.07. The van der Waals surface area contributed by atoms with Gasteiger partial charge in [-0.15, -0.1) is 0 Å². The van der Waals surface area contributed by atoms with Crippen molar-refractivity contribution in [2.24, 2.45) is 4.99 Å². The van der Waals surface area contributed by atoms with Crippen molar-refractivity contribution in [3.8, 4) is 5.75 Å². The zero-order valence-corrected chi connectivity index (χ0v) is 17.5. The zero-order chi connectivity index (χ0) is 20.5. The van der Waals surface area contributed by atoms with Crippen LogP contribution in [0.4, 0.5) is 0 Å². The predicted octanol–water partition coefficient (Wildman–Crippen LogP) is 3.17. The number of carbonyl (C=O) groups is 1. The van der Waals surface area contributed by atoms with E-state index in [1.807, 2.05) is 49.4 Å². The fourth-order valence-electron chi connectivity index (χ4n) is 2.47. The summed E-state index contributed by atoms with van der Waals surface area (Å²) >= 11 is 6.12. The molecule has 1 atom stereocenters. The number of benzene rings is 2. The van der Waals surface area contributed by atoms with Gasteiger partial charge in [-0.1, -0.05) is 35.9 Å². The minimum atomic E-state index is -0.0882. The summed E-state index contributed by atoms with van der Waals surface area (Å²) in [6, 6.07) is 14.9. The van der Waals surface area contributed by atoms with Crippen LogP contribution in [0.3, 0.4) is 0 Å². The van der Waals surface area contributed by atoms with Gasteiger partial charge >= 0.3 is 0 Å². The number of hydrogen-bond donors (Lipinski definition) is 2. The number of para-hydroxylation sites is 1. The molecule has 2 aromatic carbocycles. The van der Waals surface area contributed by atoms with Crippen molar-refractivity contribution in [1.82, 2.24) is 15.5 Å². The van der Waals surface area contributed by atoms with Gasteiger partial charge in [-0.3, -0.25) is 9.79 Å². The van der Waals surface area contributed by atoms with Crippen LogP contribution in [-0.2, 0) is 6.54 Å². The normalized spacial score (nSPS) is 12.2. The highest BCUT2D eigenvalue weighted by Crippen LogP contribution is 2.23. The van der Waals surface area contributed by atoms with Crippen LogP contribution in [0.2, 0.25) is 5.02 Å². The number of amides is 1. The summed E-state index contributed by atoms with van der Waals surface area (Å²) in [5.41, 5.74) is 1.72. The number of aliphatic imine (C=N–C) groups is 1. The Labute approximate surface area is 171 Å². The van der Waals surface area contributed by atoms with Crippen LogP contribution < -0.4 is 15.4 Å². The maximum atomic E-state index is 11.9. The van der Waals surface area contributed by atoms with Gasteiger partial charge in [0.05, 0.1) is 11.6 Å². The molecule has 1 amide bonds. The number of nitrogens with one attached hydrogen (secondary N) is 2. The van der Waals surface area contributed by atoms with E-state index in [9.17, 15) is 4.79 Å². The standard InChI is InChI=1S/C21H27ClN4O2/c1-15(28-19-8-6-5-7-18(19)22)13-24-21(23-2)25-14-16-9-11-17(12-10-16)20(27)26(3)4/h5-12,15H,13-14H2,1-4H3,(H2,23,24,25). The average molecular weight is 403 g/mol. The van der Waals surface area contributed by atoms with Crippen molar-refractivity contribution >= 4 is 23.5 Å². The van der Waals surface area contributed by atoms with Gasteiger partial charge in [-0.25, -0.2) is 0 Å². The number of carbonyl (C=O) groups excluding carboxylic acids is 1. The summed E-state index contributed by atoms with van der Waals surface area (Å²) in [5.74, 6) is 1.32. The van der Waals surface area contributed by atoms with Crippen LogP contribution in [0, 0.1) is 0 Å². The molecule has 1 unspecified atom stereocenters. The molecule has 2 aromatic rings. The van der Waals surface area contributed by atoms with Gasteiger partial charge in [0.15, 0.2) is 5.96 Å². The van der Waals surface area contributed by atoms with E-state index in [4.69, 9.17) is 16.3 Å². The Balaban J connectivity index is 1.81. The van der Waals surface area contributed by atoms with E-state index in [1.54, 1.807) is 32.1 Å². The molecule has 2 N–H and O–H groups in total. The zero-order valence-electron chi connectivity index (χ0n) is 16.7. The van der Waals surface area contributed by atoms with Crippen LogP contribution in [-0.4, -0.2) is 50.6 Å². The van der Waals surface area contributed by atoms with E-state index in [-0.39, 0.29) is 12.0 Å². The van der Waals surface area contributed by atoms with Crippen LogP contribution in [0.15, 0.2) is 53.5 Å². The number of ether oxygens (including phenoxy) is 1. The predicted molar refractivity (Wildman–Crippen MR) is 114 cm³/mol. The van der Waals surface area contributed by atoms with E-state index < -0.39 is 0 Å². The summed E-state index contributed by atoms with van der Waals surface area (Å²) in [4.78, 5) is 17.7. The lowest BCUT2D eigenvalue weighted by atomic mass is 10.1. The molecule has 7 heteroatoms. The molecule has 0 aromatic heterocycles.